The molecule has 1 N–H and O–H groups in total. The maximum Gasteiger partial charge on any atom is 0.263 e. The number of carbonyl (C=O) groups is 2. The molecule has 1 aliphatic rings. The molecule has 0 saturated heterocycles. The summed E-state index contributed by atoms with van der Waals surface area (Å²) in [6.07, 6.45) is -0.706. The van der Waals surface area contributed by atoms with Crippen molar-refractivity contribution in [1.29, 1.82) is 0 Å². The Morgan fingerprint density at radius 3 is 2.62 bits per heavy atom. The van der Waals surface area contributed by atoms with E-state index in [1.807, 2.05) is 0 Å². The molecular formula is C25H23FN2O4. The van der Waals surface area contributed by atoms with Gasteiger partial charge in [-0.2, -0.15) is 0 Å². The molecule has 4 rings (SSSR count). The summed E-state index contributed by atoms with van der Waals surface area (Å²) in [5, 5.41) is 2.86. The topological polar surface area (TPSA) is 67.9 Å². The van der Waals surface area contributed by atoms with E-state index in [1.165, 1.54) is 6.07 Å². The highest BCUT2D eigenvalue weighted by Crippen LogP contribution is 2.30. The summed E-state index contributed by atoms with van der Waals surface area (Å²) >= 11 is 0. The van der Waals surface area contributed by atoms with Crippen molar-refractivity contribution in [3.05, 3.63) is 89.2 Å². The molecule has 2 amide bonds. The summed E-state index contributed by atoms with van der Waals surface area (Å²) in [7, 11) is 1.56. The molecule has 0 bridgehead atoms. The molecule has 0 saturated carbocycles. The Bertz CT molecular complexity index is 1150. The van der Waals surface area contributed by atoms with E-state index in [1.54, 1.807) is 79.6 Å². The van der Waals surface area contributed by atoms with Crippen LogP contribution in [-0.4, -0.2) is 29.9 Å². The van der Waals surface area contributed by atoms with Crippen LogP contribution in [-0.2, 0) is 17.9 Å². The van der Waals surface area contributed by atoms with Crippen LogP contribution in [0.15, 0.2) is 66.7 Å². The lowest BCUT2D eigenvalue weighted by Gasteiger charge is -2.22. The molecule has 1 heterocycles. The molecular weight excluding hydrogens is 411 g/mol. The molecule has 0 aromatic heterocycles. The van der Waals surface area contributed by atoms with Gasteiger partial charge in [0.2, 0.25) is 0 Å². The number of halogens is 1. The zero-order valence-corrected chi connectivity index (χ0v) is 17.8. The number of methoxy groups -OCH3 is 1. The van der Waals surface area contributed by atoms with Crippen LogP contribution < -0.4 is 14.8 Å². The second kappa shape index (κ2) is 9.09. The van der Waals surface area contributed by atoms with E-state index >= 15 is 0 Å². The van der Waals surface area contributed by atoms with Crippen LogP contribution in [0, 0.1) is 5.82 Å². The summed E-state index contributed by atoms with van der Waals surface area (Å²) in [6.45, 7) is 2.03. The van der Waals surface area contributed by atoms with Gasteiger partial charge in [-0.25, -0.2) is 4.39 Å². The fourth-order valence-corrected chi connectivity index (χ4v) is 3.59. The predicted octanol–water partition coefficient (Wildman–Crippen LogP) is 4.40. The molecule has 1 unspecified atom stereocenters. The number of hydrogen-bond donors (Lipinski definition) is 1. The van der Waals surface area contributed by atoms with Gasteiger partial charge >= 0.3 is 0 Å². The van der Waals surface area contributed by atoms with Crippen LogP contribution in [0.4, 0.5) is 10.1 Å². The summed E-state index contributed by atoms with van der Waals surface area (Å²) in [5.41, 5.74) is 2.22. The molecule has 3 aromatic rings. The van der Waals surface area contributed by atoms with Gasteiger partial charge in [-0.1, -0.05) is 18.2 Å². The third-order valence-electron chi connectivity index (χ3n) is 5.31. The number of ether oxygens (including phenoxy) is 2. The average molecular weight is 434 g/mol. The van der Waals surface area contributed by atoms with Gasteiger partial charge in [-0.15, -0.1) is 0 Å². The summed E-state index contributed by atoms with van der Waals surface area (Å²) in [6, 6.07) is 18.4. The van der Waals surface area contributed by atoms with Crippen molar-refractivity contribution in [1.82, 2.24) is 4.90 Å². The molecule has 164 valence electrons. The van der Waals surface area contributed by atoms with Crippen LogP contribution >= 0.6 is 0 Å². The first-order valence-corrected chi connectivity index (χ1v) is 10.2. The first kappa shape index (κ1) is 21.4. The smallest absolute Gasteiger partial charge is 0.263 e. The average Bonchev–Trinajstić information content (AvgIpc) is 2.91. The number of rotatable bonds is 5. The fraction of sp³-hybridized carbons (Fsp3) is 0.200. The van der Waals surface area contributed by atoms with Crippen LogP contribution in [0.1, 0.15) is 28.4 Å². The first-order chi connectivity index (χ1) is 15.4. The van der Waals surface area contributed by atoms with E-state index in [4.69, 9.17) is 9.47 Å². The minimum Gasteiger partial charge on any atom is -0.497 e. The number of nitrogens with one attached hydrogen (secondary N) is 1. The van der Waals surface area contributed by atoms with Crippen LogP contribution in [0.2, 0.25) is 0 Å². The van der Waals surface area contributed by atoms with E-state index in [9.17, 15) is 14.0 Å². The Hall–Kier alpha value is -3.87. The Morgan fingerprint density at radius 1 is 1.16 bits per heavy atom. The van der Waals surface area contributed by atoms with Crippen molar-refractivity contribution in [3.8, 4) is 11.5 Å². The van der Waals surface area contributed by atoms with Gasteiger partial charge < -0.3 is 19.7 Å². The zero-order chi connectivity index (χ0) is 22.7. The number of hydrogen-bond acceptors (Lipinski definition) is 4. The van der Waals surface area contributed by atoms with Gasteiger partial charge in [0.25, 0.3) is 11.8 Å². The highest BCUT2D eigenvalue weighted by molar-refractivity contribution is 6.04. The minimum atomic E-state index is -0.706. The number of fused-ring (bicyclic) bond motifs is 1. The predicted molar refractivity (Wildman–Crippen MR) is 118 cm³/mol. The maximum atomic E-state index is 14.2. The minimum absolute atomic E-state index is 0.126. The fourth-order valence-electron chi connectivity index (χ4n) is 3.59. The van der Waals surface area contributed by atoms with Crippen LogP contribution in [0.5, 0.6) is 11.5 Å². The Labute approximate surface area is 185 Å². The van der Waals surface area contributed by atoms with E-state index in [2.05, 4.69) is 5.32 Å². The van der Waals surface area contributed by atoms with Gasteiger partial charge in [0, 0.05) is 35.5 Å². The molecule has 0 fully saturated rings. The lowest BCUT2D eigenvalue weighted by molar-refractivity contribution is -0.138. The van der Waals surface area contributed by atoms with Crippen molar-refractivity contribution < 1.29 is 23.5 Å². The summed E-state index contributed by atoms with van der Waals surface area (Å²) in [5.74, 6) is 0.365. The van der Waals surface area contributed by atoms with Gasteiger partial charge in [0.1, 0.15) is 17.3 Å². The quantitative estimate of drug-likeness (QED) is 0.647. The van der Waals surface area contributed by atoms with Crippen molar-refractivity contribution in [3.63, 3.8) is 0 Å². The molecule has 0 spiro atoms. The second-order valence-electron chi connectivity index (χ2n) is 7.55. The largest absolute Gasteiger partial charge is 0.497 e. The normalized spacial score (nSPS) is 15.4. The lowest BCUT2D eigenvalue weighted by Crippen LogP contribution is -2.37. The van der Waals surface area contributed by atoms with Crippen molar-refractivity contribution in [2.45, 2.75) is 26.1 Å². The molecule has 0 aliphatic carbocycles. The van der Waals surface area contributed by atoms with E-state index in [0.717, 1.165) is 5.56 Å². The standard InChI is InChI=1S/C25H23FN2O4/c1-16-25(30)28(14-18-5-3-4-6-22(18)26)15-19-13-20(9-12-23(19)32-16)27-24(29)17-7-10-21(31-2)11-8-17/h3-13,16H,14-15H2,1-2H3,(H,27,29). The molecule has 1 aliphatic heterocycles. The Kier molecular flexibility index (Phi) is 6.07. The second-order valence-corrected chi connectivity index (χ2v) is 7.55. The van der Waals surface area contributed by atoms with E-state index in [-0.39, 0.29) is 30.7 Å². The van der Waals surface area contributed by atoms with E-state index < -0.39 is 6.10 Å². The zero-order valence-electron chi connectivity index (χ0n) is 17.8. The highest BCUT2D eigenvalue weighted by atomic mass is 19.1. The highest BCUT2D eigenvalue weighted by Gasteiger charge is 2.28. The first-order valence-electron chi connectivity index (χ1n) is 10.2. The van der Waals surface area contributed by atoms with Crippen molar-refractivity contribution in [2.75, 3.05) is 12.4 Å². The number of carbonyl (C=O) groups excluding carboxylic acids is 2. The number of benzene rings is 3. The number of nitrogens with zero attached hydrogens (tertiary/aromatic N) is 1. The van der Waals surface area contributed by atoms with Gasteiger partial charge in [0.05, 0.1) is 7.11 Å². The molecule has 7 heteroatoms. The van der Waals surface area contributed by atoms with Crippen LogP contribution in [0.25, 0.3) is 0 Å². The summed E-state index contributed by atoms with van der Waals surface area (Å²) < 4.78 is 25.1. The monoisotopic (exact) mass is 434 g/mol. The maximum absolute atomic E-state index is 14.2. The molecule has 0 radical (unpaired) electrons. The van der Waals surface area contributed by atoms with E-state index in [0.29, 0.717) is 28.3 Å². The molecule has 3 aromatic carbocycles. The number of anilines is 1. The van der Waals surface area contributed by atoms with Gasteiger partial charge in [-0.3, -0.25) is 9.59 Å². The third kappa shape index (κ3) is 4.56. The number of amides is 2. The molecule has 32 heavy (non-hydrogen) atoms. The van der Waals surface area contributed by atoms with Crippen molar-refractivity contribution in [2.24, 2.45) is 0 Å². The van der Waals surface area contributed by atoms with Crippen molar-refractivity contribution >= 4 is 17.5 Å². The third-order valence-corrected chi connectivity index (χ3v) is 5.31. The lowest BCUT2D eigenvalue weighted by atomic mass is 10.1. The molecule has 1 atom stereocenters. The van der Waals surface area contributed by atoms with Crippen LogP contribution in [0.3, 0.4) is 0 Å². The molecule has 6 nitrogen and oxygen atoms in total. The SMILES string of the molecule is COc1ccc(C(=O)Nc2ccc3c(c2)CN(Cc2ccccc2F)C(=O)C(C)O3)cc1. The Balaban J connectivity index is 1.55. The van der Waals surface area contributed by atoms with Gasteiger partial charge in [-0.05, 0) is 55.5 Å². The summed E-state index contributed by atoms with van der Waals surface area (Å²) in [4.78, 5) is 27.0. The van der Waals surface area contributed by atoms with Gasteiger partial charge in [0.15, 0.2) is 6.10 Å². The Morgan fingerprint density at radius 2 is 1.91 bits per heavy atom.